The summed E-state index contributed by atoms with van der Waals surface area (Å²) in [6.45, 7) is 5.72. The molecule has 0 aromatic carbocycles. The fraction of sp³-hybridized carbons (Fsp3) is 0.981. The van der Waals surface area contributed by atoms with Crippen molar-refractivity contribution in [3.8, 4) is 0 Å². The number of hydrogen-bond acceptors (Lipinski definition) is 6. The number of likely N-dealkylation sites (N-methyl/N-ethyl adjacent to an activating group) is 1. The van der Waals surface area contributed by atoms with Gasteiger partial charge in [0.25, 0.3) is 0 Å². The second-order valence-electron chi connectivity index (χ2n) is 20.3. The minimum atomic E-state index is -4.27. The van der Waals surface area contributed by atoms with Gasteiger partial charge in [-0.25, -0.2) is 4.57 Å². The number of carbonyl (C=O) groups is 1. The van der Waals surface area contributed by atoms with E-state index in [1.165, 1.54) is 231 Å². The third-order valence-electron chi connectivity index (χ3n) is 12.7. The average Bonchev–Trinajstić information content (AvgIpc) is 3.24. The second-order valence-corrected chi connectivity index (χ2v) is 21.8. The van der Waals surface area contributed by atoms with Gasteiger partial charge in [-0.1, -0.05) is 264 Å². The molecule has 0 aliphatic heterocycles. The van der Waals surface area contributed by atoms with E-state index < -0.39 is 13.9 Å². The van der Waals surface area contributed by atoms with Crippen LogP contribution in [0.3, 0.4) is 0 Å². The SMILES string of the molecule is CCCCCCCCCCCCCCCCCCCCCCCC(=O)O[C@H](COCCCCCCCCCCCCCCCCCCCCCC)COP(=O)(O)OCC[N+](C)(C)C. The van der Waals surface area contributed by atoms with E-state index in [-0.39, 0.29) is 25.8 Å². The summed E-state index contributed by atoms with van der Waals surface area (Å²) in [5.41, 5.74) is 0. The van der Waals surface area contributed by atoms with Gasteiger partial charge in [-0.15, -0.1) is 0 Å². The highest BCUT2D eigenvalue weighted by Gasteiger charge is 2.26. The van der Waals surface area contributed by atoms with Crippen molar-refractivity contribution in [2.75, 3.05) is 54.1 Å². The second kappa shape index (κ2) is 48.0. The van der Waals surface area contributed by atoms with Crippen LogP contribution in [0.2, 0.25) is 0 Å². The number of phosphoric ester groups is 1. The molecule has 0 radical (unpaired) electrons. The van der Waals surface area contributed by atoms with Crippen LogP contribution in [0.5, 0.6) is 0 Å². The van der Waals surface area contributed by atoms with Crippen LogP contribution >= 0.6 is 7.82 Å². The molecule has 0 aromatic heterocycles. The fourth-order valence-electron chi connectivity index (χ4n) is 8.38. The van der Waals surface area contributed by atoms with Gasteiger partial charge in [-0.2, -0.15) is 0 Å². The van der Waals surface area contributed by atoms with Crippen LogP contribution in [0, 0.1) is 0 Å². The molecule has 8 nitrogen and oxygen atoms in total. The van der Waals surface area contributed by atoms with Gasteiger partial charge < -0.3 is 18.9 Å². The van der Waals surface area contributed by atoms with Crippen molar-refractivity contribution in [3.63, 3.8) is 0 Å². The van der Waals surface area contributed by atoms with Crippen molar-refractivity contribution in [1.29, 1.82) is 0 Å². The molecule has 0 saturated heterocycles. The highest BCUT2D eigenvalue weighted by Crippen LogP contribution is 2.43. The zero-order chi connectivity index (χ0) is 46.2. The molecular weight excluding hydrogens is 806 g/mol. The number of ether oxygens (including phenoxy) is 2. The molecular formula is C54H111NO7P+. The Morgan fingerprint density at radius 1 is 0.429 bits per heavy atom. The van der Waals surface area contributed by atoms with E-state index in [4.69, 9.17) is 18.5 Å². The standard InChI is InChI=1S/C54H110NO7P/c1-6-8-10-12-14-16-18-20-22-24-26-28-29-31-33-35-37-39-41-43-45-47-54(56)62-53(52-61-63(57,58)60-50-48-55(3,4)5)51-59-49-46-44-42-40-38-36-34-32-30-27-25-23-21-19-17-15-13-11-9-7-2/h53H,6-52H2,1-5H3/p+1/t53-/m1/s1. The smallest absolute Gasteiger partial charge is 0.457 e. The highest BCUT2D eigenvalue weighted by molar-refractivity contribution is 7.47. The Bertz CT molecular complexity index is 976. The molecule has 0 fully saturated rings. The number of quaternary nitrogens is 1. The summed E-state index contributed by atoms with van der Waals surface area (Å²) in [7, 11) is 1.69. The first-order valence-electron chi connectivity index (χ1n) is 27.8. The Kier molecular flexibility index (Phi) is 47.6. The molecule has 0 aliphatic carbocycles. The molecule has 0 aliphatic rings. The largest absolute Gasteiger partial charge is 0.472 e. The van der Waals surface area contributed by atoms with Crippen LogP contribution in [-0.2, 0) is 27.9 Å². The summed E-state index contributed by atoms with van der Waals surface area (Å²) in [6, 6.07) is 0. The molecule has 63 heavy (non-hydrogen) atoms. The number of rotatable bonds is 53. The molecule has 1 N–H and O–H groups in total. The Labute approximate surface area is 393 Å². The van der Waals surface area contributed by atoms with Crippen molar-refractivity contribution < 1.29 is 37.3 Å². The summed E-state index contributed by atoms with van der Waals surface area (Å²) in [6.07, 6.45) is 54.4. The Balaban J connectivity index is 4.04. The van der Waals surface area contributed by atoms with Gasteiger partial charge in [0.1, 0.15) is 19.3 Å². The van der Waals surface area contributed by atoms with E-state index in [0.29, 0.717) is 24.1 Å². The maximum Gasteiger partial charge on any atom is 0.472 e. The summed E-state index contributed by atoms with van der Waals surface area (Å²) < 4.78 is 35.2. The van der Waals surface area contributed by atoms with Crippen LogP contribution in [0.4, 0.5) is 0 Å². The Hall–Kier alpha value is -0.500. The van der Waals surface area contributed by atoms with E-state index in [2.05, 4.69) is 13.8 Å². The van der Waals surface area contributed by atoms with Crippen LogP contribution in [0.1, 0.15) is 284 Å². The monoisotopic (exact) mass is 917 g/mol. The predicted octanol–water partition coefficient (Wildman–Crippen LogP) is 17.2. The van der Waals surface area contributed by atoms with Gasteiger partial charge in [0.05, 0.1) is 34.4 Å². The number of nitrogens with zero attached hydrogens (tertiary/aromatic N) is 1. The summed E-state index contributed by atoms with van der Waals surface area (Å²) >= 11 is 0. The molecule has 0 amide bonds. The molecule has 0 aromatic rings. The number of unbranched alkanes of at least 4 members (excludes halogenated alkanes) is 39. The van der Waals surface area contributed by atoms with E-state index in [9.17, 15) is 14.3 Å². The molecule has 2 atom stereocenters. The number of carbonyl (C=O) groups excluding carboxylic acids is 1. The minimum Gasteiger partial charge on any atom is -0.457 e. The van der Waals surface area contributed by atoms with E-state index in [1.54, 1.807) is 0 Å². The molecule has 0 saturated carbocycles. The van der Waals surface area contributed by atoms with Gasteiger partial charge >= 0.3 is 13.8 Å². The van der Waals surface area contributed by atoms with Gasteiger partial charge in [-0.3, -0.25) is 13.8 Å². The quantitative estimate of drug-likeness (QED) is 0.0281. The first-order chi connectivity index (χ1) is 30.6. The lowest BCUT2D eigenvalue weighted by Crippen LogP contribution is -2.37. The number of phosphoric acid groups is 1. The normalized spacial score (nSPS) is 13.4. The lowest BCUT2D eigenvalue weighted by atomic mass is 10.0. The van der Waals surface area contributed by atoms with Crippen molar-refractivity contribution in [2.24, 2.45) is 0 Å². The van der Waals surface area contributed by atoms with Crippen LogP contribution < -0.4 is 0 Å². The van der Waals surface area contributed by atoms with Crippen molar-refractivity contribution in [3.05, 3.63) is 0 Å². The predicted molar refractivity (Wildman–Crippen MR) is 271 cm³/mol. The lowest BCUT2D eigenvalue weighted by Gasteiger charge is -2.24. The van der Waals surface area contributed by atoms with Gasteiger partial charge in [-0.05, 0) is 12.8 Å². The zero-order valence-electron chi connectivity index (χ0n) is 43.1. The van der Waals surface area contributed by atoms with Crippen LogP contribution in [-0.4, -0.2) is 75.6 Å². The Morgan fingerprint density at radius 2 is 0.730 bits per heavy atom. The van der Waals surface area contributed by atoms with Gasteiger partial charge in [0, 0.05) is 13.0 Å². The molecule has 9 heteroatoms. The lowest BCUT2D eigenvalue weighted by molar-refractivity contribution is -0.870. The van der Waals surface area contributed by atoms with Crippen molar-refractivity contribution in [1.82, 2.24) is 0 Å². The van der Waals surface area contributed by atoms with Crippen LogP contribution in [0.25, 0.3) is 0 Å². The van der Waals surface area contributed by atoms with Crippen LogP contribution in [0.15, 0.2) is 0 Å². The number of hydrogen-bond donors (Lipinski definition) is 1. The molecule has 0 spiro atoms. The van der Waals surface area contributed by atoms with Crippen molar-refractivity contribution in [2.45, 2.75) is 290 Å². The van der Waals surface area contributed by atoms with E-state index >= 15 is 0 Å². The molecule has 0 heterocycles. The summed E-state index contributed by atoms with van der Waals surface area (Å²) in [4.78, 5) is 23.0. The zero-order valence-corrected chi connectivity index (χ0v) is 44.0. The Morgan fingerprint density at radius 3 is 1.05 bits per heavy atom. The average molecular weight is 917 g/mol. The maximum atomic E-state index is 12.8. The molecule has 378 valence electrons. The number of esters is 1. The first kappa shape index (κ1) is 62.5. The summed E-state index contributed by atoms with van der Waals surface area (Å²) in [5, 5.41) is 0. The molecule has 1 unspecified atom stereocenters. The first-order valence-corrected chi connectivity index (χ1v) is 29.3. The van der Waals surface area contributed by atoms with E-state index in [0.717, 1.165) is 32.1 Å². The fourth-order valence-corrected chi connectivity index (χ4v) is 9.12. The van der Waals surface area contributed by atoms with Gasteiger partial charge in [0.2, 0.25) is 0 Å². The maximum absolute atomic E-state index is 12.8. The van der Waals surface area contributed by atoms with E-state index in [1.807, 2.05) is 21.1 Å². The third kappa shape index (κ3) is 52.3. The third-order valence-corrected chi connectivity index (χ3v) is 13.7. The summed E-state index contributed by atoms with van der Waals surface area (Å²) in [5.74, 6) is -0.303. The van der Waals surface area contributed by atoms with Gasteiger partial charge in [0.15, 0.2) is 0 Å². The minimum absolute atomic E-state index is 0.0944. The molecule has 0 rings (SSSR count). The topological polar surface area (TPSA) is 91.3 Å². The highest BCUT2D eigenvalue weighted by atomic mass is 31.2. The molecule has 0 bridgehead atoms. The van der Waals surface area contributed by atoms with Crippen molar-refractivity contribution >= 4 is 13.8 Å².